The zero-order valence-electron chi connectivity index (χ0n) is 13.2. The summed E-state index contributed by atoms with van der Waals surface area (Å²) in [5, 5.41) is 13.6. The largest absolute Gasteiger partial charge is 0.390 e. The number of likely N-dealkylation sites (tertiary alicyclic amines) is 1. The monoisotopic (exact) mass is 306 g/mol. The molecule has 2 atom stereocenters. The third kappa shape index (κ3) is 4.67. The second-order valence-electron chi connectivity index (χ2n) is 5.90. The van der Waals surface area contributed by atoms with Crippen LogP contribution in [0.2, 0.25) is 0 Å². The maximum Gasteiger partial charge on any atom is 0.0832 e. The molecule has 0 radical (unpaired) electrons. The van der Waals surface area contributed by atoms with Gasteiger partial charge in [0.1, 0.15) is 0 Å². The van der Waals surface area contributed by atoms with Crippen LogP contribution in [-0.2, 0) is 6.54 Å². The van der Waals surface area contributed by atoms with Gasteiger partial charge in [0, 0.05) is 31.2 Å². The van der Waals surface area contributed by atoms with E-state index in [-0.39, 0.29) is 12.1 Å². The molecular formula is C20H22N2O. The highest BCUT2D eigenvalue weighted by Crippen LogP contribution is 2.14. The SMILES string of the molecule is O[C@H]1CN(Cc2ccccc2)C[C@@H]1NCC#Cc1ccccc1. The quantitative estimate of drug-likeness (QED) is 0.847. The highest BCUT2D eigenvalue weighted by atomic mass is 16.3. The van der Waals surface area contributed by atoms with Gasteiger partial charge in [0.05, 0.1) is 12.6 Å². The molecule has 1 fully saturated rings. The summed E-state index contributed by atoms with van der Waals surface area (Å²) in [4.78, 5) is 2.28. The first-order chi connectivity index (χ1) is 11.3. The average molecular weight is 306 g/mol. The van der Waals surface area contributed by atoms with Gasteiger partial charge in [-0.3, -0.25) is 10.2 Å². The molecule has 0 amide bonds. The van der Waals surface area contributed by atoms with Gasteiger partial charge < -0.3 is 5.11 Å². The molecule has 0 unspecified atom stereocenters. The van der Waals surface area contributed by atoms with Crippen LogP contribution in [0.25, 0.3) is 0 Å². The van der Waals surface area contributed by atoms with Gasteiger partial charge in [0.25, 0.3) is 0 Å². The van der Waals surface area contributed by atoms with Gasteiger partial charge in [-0.25, -0.2) is 0 Å². The van der Waals surface area contributed by atoms with Crippen LogP contribution in [0, 0.1) is 11.8 Å². The lowest BCUT2D eigenvalue weighted by Crippen LogP contribution is -2.39. The Hall–Kier alpha value is -2.12. The topological polar surface area (TPSA) is 35.5 Å². The number of β-amino-alcohol motifs (C(OH)–C–C–N with tert-alkyl or cyclic N) is 1. The first kappa shape index (κ1) is 15.8. The van der Waals surface area contributed by atoms with Crippen LogP contribution >= 0.6 is 0 Å². The summed E-state index contributed by atoms with van der Waals surface area (Å²) in [5.41, 5.74) is 2.30. The molecule has 1 heterocycles. The Morgan fingerprint density at radius 3 is 2.43 bits per heavy atom. The molecule has 23 heavy (non-hydrogen) atoms. The Morgan fingerprint density at radius 1 is 1.00 bits per heavy atom. The van der Waals surface area contributed by atoms with Crippen molar-refractivity contribution in [2.45, 2.75) is 18.7 Å². The van der Waals surface area contributed by atoms with Crippen LogP contribution in [0.1, 0.15) is 11.1 Å². The van der Waals surface area contributed by atoms with Gasteiger partial charge in [-0.1, -0.05) is 60.4 Å². The summed E-state index contributed by atoms with van der Waals surface area (Å²) in [7, 11) is 0. The standard InChI is InChI=1S/C20H22N2O/c23-20-16-22(14-18-10-5-2-6-11-18)15-19(20)21-13-7-12-17-8-3-1-4-9-17/h1-6,8-11,19-21,23H,13-16H2/t19-,20-/m0/s1. The molecule has 2 aromatic rings. The van der Waals surface area contributed by atoms with Gasteiger partial charge in [-0.15, -0.1) is 0 Å². The van der Waals surface area contributed by atoms with E-state index in [4.69, 9.17) is 0 Å². The molecule has 3 heteroatoms. The first-order valence-electron chi connectivity index (χ1n) is 8.03. The third-order valence-electron chi connectivity index (χ3n) is 4.07. The molecule has 0 spiro atoms. The number of aliphatic hydroxyl groups excluding tert-OH is 1. The molecule has 0 aliphatic carbocycles. The maximum absolute atomic E-state index is 10.2. The fourth-order valence-electron chi connectivity index (χ4n) is 2.89. The van der Waals surface area contributed by atoms with Gasteiger partial charge in [-0.2, -0.15) is 0 Å². The highest BCUT2D eigenvalue weighted by molar-refractivity contribution is 5.33. The fourth-order valence-corrected chi connectivity index (χ4v) is 2.89. The van der Waals surface area contributed by atoms with Crippen molar-refractivity contribution in [2.75, 3.05) is 19.6 Å². The Morgan fingerprint density at radius 2 is 1.70 bits per heavy atom. The minimum Gasteiger partial charge on any atom is -0.390 e. The molecule has 2 N–H and O–H groups in total. The normalized spacial score (nSPS) is 20.9. The molecule has 1 aliphatic heterocycles. The van der Waals surface area contributed by atoms with E-state index in [2.05, 4.69) is 46.3 Å². The van der Waals surface area contributed by atoms with Crippen LogP contribution < -0.4 is 5.32 Å². The molecule has 1 aliphatic rings. The number of hydrogen-bond acceptors (Lipinski definition) is 3. The van der Waals surface area contributed by atoms with E-state index in [1.54, 1.807) is 0 Å². The Labute approximate surface area is 138 Å². The molecule has 2 aromatic carbocycles. The van der Waals surface area contributed by atoms with E-state index in [1.807, 2.05) is 36.4 Å². The molecule has 0 saturated carbocycles. The summed E-state index contributed by atoms with van der Waals surface area (Å²) >= 11 is 0. The van der Waals surface area contributed by atoms with E-state index < -0.39 is 0 Å². The van der Waals surface area contributed by atoms with Crippen LogP contribution in [0.3, 0.4) is 0 Å². The van der Waals surface area contributed by atoms with Crippen molar-refractivity contribution in [3.05, 3.63) is 71.8 Å². The van der Waals surface area contributed by atoms with Crippen molar-refractivity contribution in [1.29, 1.82) is 0 Å². The van der Waals surface area contributed by atoms with E-state index in [0.717, 1.165) is 18.7 Å². The van der Waals surface area contributed by atoms with E-state index in [1.165, 1.54) is 5.56 Å². The molecule has 0 aromatic heterocycles. The zero-order valence-corrected chi connectivity index (χ0v) is 13.2. The number of rotatable bonds is 4. The molecule has 3 nitrogen and oxygen atoms in total. The lowest BCUT2D eigenvalue weighted by Gasteiger charge is -2.15. The molecule has 118 valence electrons. The fraction of sp³-hybridized carbons (Fsp3) is 0.300. The third-order valence-corrected chi connectivity index (χ3v) is 4.07. The summed E-state index contributed by atoms with van der Waals surface area (Å²) in [5.74, 6) is 6.25. The van der Waals surface area contributed by atoms with Gasteiger partial charge in [0.2, 0.25) is 0 Å². The number of hydrogen-bond donors (Lipinski definition) is 2. The van der Waals surface area contributed by atoms with Crippen molar-refractivity contribution in [2.24, 2.45) is 0 Å². The van der Waals surface area contributed by atoms with Crippen molar-refractivity contribution in [1.82, 2.24) is 10.2 Å². The average Bonchev–Trinajstić information content (AvgIpc) is 2.93. The van der Waals surface area contributed by atoms with Crippen LogP contribution in [0.15, 0.2) is 60.7 Å². The first-order valence-corrected chi connectivity index (χ1v) is 8.03. The Bertz CT molecular complexity index is 660. The van der Waals surface area contributed by atoms with Crippen molar-refractivity contribution < 1.29 is 5.11 Å². The second-order valence-corrected chi connectivity index (χ2v) is 5.90. The maximum atomic E-state index is 10.2. The van der Waals surface area contributed by atoms with Crippen molar-refractivity contribution in [3.8, 4) is 11.8 Å². The molecular weight excluding hydrogens is 284 g/mol. The predicted octanol–water partition coefficient (Wildman–Crippen LogP) is 1.87. The number of nitrogens with zero attached hydrogens (tertiary/aromatic N) is 1. The summed E-state index contributed by atoms with van der Waals surface area (Å²) in [6, 6.07) is 20.4. The van der Waals surface area contributed by atoms with E-state index in [9.17, 15) is 5.11 Å². The minimum atomic E-state index is -0.336. The number of aliphatic hydroxyl groups is 1. The van der Waals surface area contributed by atoms with Crippen LogP contribution in [0.4, 0.5) is 0 Å². The summed E-state index contributed by atoms with van der Waals surface area (Å²) in [6.45, 7) is 3.03. The number of benzene rings is 2. The lowest BCUT2D eigenvalue weighted by atomic mass is 10.2. The van der Waals surface area contributed by atoms with E-state index >= 15 is 0 Å². The minimum absolute atomic E-state index is 0.0868. The van der Waals surface area contributed by atoms with Gasteiger partial charge in [0.15, 0.2) is 0 Å². The smallest absolute Gasteiger partial charge is 0.0832 e. The Kier molecular flexibility index (Phi) is 5.44. The second kappa shape index (κ2) is 7.94. The zero-order chi connectivity index (χ0) is 15.9. The van der Waals surface area contributed by atoms with Crippen molar-refractivity contribution >= 4 is 0 Å². The Balaban J connectivity index is 1.47. The highest BCUT2D eigenvalue weighted by Gasteiger charge is 2.30. The van der Waals surface area contributed by atoms with Crippen LogP contribution in [-0.4, -0.2) is 41.8 Å². The van der Waals surface area contributed by atoms with Crippen LogP contribution in [0.5, 0.6) is 0 Å². The molecule has 1 saturated heterocycles. The lowest BCUT2D eigenvalue weighted by molar-refractivity contribution is 0.155. The number of nitrogens with one attached hydrogen (secondary N) is 1. The summed E-state index contributed by atoms with van der Waals surface area (Å²) in [6.07, 6.45) is -0.336. The van der Waals surface area contributed by atoms with Gasteiger partial charge in [-0.05, 0) is 17.7 Å². The predicted molar refractivity (Wildman–Crippen MR) is 92.8 cm³/mol. The summed E-state index contributed by atoms with van der Waals surface area (Å²) < 4.78 is 0. The molecule has 0 bridgehead atoms. The van der Waals surface area contributed by atoms with Gasteiger partial charge >= 0.3 is 0 Å². The molecule has 3 rings (SSSR count). The van der Waals surface area contributed by atoms with E-state index in [0.29, 0.717) is 13.1 Å². The van der Waals surface area contributed by atoms with Crippen molar-refractivity contribution in [3.63, 3.8) is 0 Å².